The Kier molecular flexibility index (Phi) is 9.67. The number of ether oxygens (including phenoxy) is 3. The van der Waals surface area contributed by atoms with Gasteiger partial charge in [0.1, 0.15) is 6.61 Å². The minimum Gasteiger partial charge on any atom is -0.491 e. The molecule has 0 saturated carbocycles. The summed E-state index contributed by atoms with van der Waals surface area (Å²) in [5.41, 5.74) is 6.03. The average Bonchev–Trinajstić information content (AvgIpc) is 3.26. The second-order valence-corrected chi connectivity index (χ2v) is 11.4. The topological polar surface area (TPSA) is 113 Å². The van der Waals surface area contributed by atoms with Gasteiger partial charge in [-0.1, -0.05) is 48.8 Å². The highest BCUT2D eigenvalue weighted by atomic mass is 32.2. The van der Waals surface area contributed by atoms with Crippen LogP contribution in [-0.4, -0.2) is 32.3 Å². The maximum atomic E-state index is 13.5. The first-order valence-corrected chi connectivity index (χ1v) is 15.1. The molecule has 0 aliphatic rings. The summed E-state index contributed by atoms with van der Waals surface area (Å²) >= 11 is 0. The SMILES string of the molecule is CCCc1cc(OCc2ccc(-c3ccccc3S(=O)(=O)Nc3onc(C)c3C)c(COCC)c2)c(OC)c(C)n1. The van der Waals surface area contributed by atoms with Crippen molar-refractivity contribution in [2.45, 2.75) is 65.6 Å². The number of nitrogens with one attached hydrogen (secondary N) is 1. The molecule has 0 atom stereocenters. The van der Waals surface area contributed by atoms with Crippen LogP contribution in [0.1, 0.15) is 54.0 Å². The maximum absolute atomic E-state index is 13.5. The van der Waals surface area contributed by atoms with Gasteiger partial charge in [0.25, 0.3) is 10.0 Å². The van der Waals surface area contributed by atoms with Crippen LogP contribution in [0.15, 0.2) is 57.9 Å². The van der Waals surface area contributed by atoms with E-state index in [1.165, 1.54) is 0 Å². The Morgan fingerprint density at radius 1 is 0.951 bits per heavy atom. The van der Waals surface area contributed by atoms with E-state index in [-0.39, 0.29) is 17.4 Å². The zero-order valence-corrected chi connectivity index (χ0v) is 25.2. The molecule has 2 aromatic heterocycles. The highest BCUT2D eigenvalue weighted by Crippen LogP contribution is 2.34. The average molecular weight is 580 g/mol. The summed E-state index contributed by atoms with van der Waals surface area (Å²) in [5, 5.41) is 3.86. The molecule has 0 aliphatic heterocycles. The van der Waals surface area contributed by atoms with Crippen molar-refractivity contribution in [2.24, 2.45) is 0 Å². The van der Waals surface area contributed by atoms with Gasteiger partial charge in [0.05, 0.1) is 30.0 Å². The normalized spacial score (nSPS) is 11.5. The molecular weight excluding hydrogens is 542 g/mol. The number of rotatable bonds is 13. The van der Waals surface area contributed by atoms with Crippen LogP contribution in [0.2, 0.25) is 0 Å². The number of anilines is 1. The van der Waals surface area contributed by atoms with E-state index in [9.17, 15) is 8.42 Å². The van der Waals surface area contributed by atoms with Gasteiger partial charge in [-0.05, 0) is 62.9 Å². The van der Waals surface area contributed by atoms with Crippen molar-refractivity contribution in [3.05, 3.63) is 82.3 Å². The molecule has 0 unspecified atom stereocenters. The first-order chi connectivity index (χ1) is 19.7. The van der Waals surface area contributed by atoms with E-state index in [1.54, 1.807) is 39.2 Å². The predicted octanol–water partition coefficient (Wildman–Crippen LogP) is 6.54. The standard InChI is InChI=1S/C31H37N3O6S/c1-7-11-25-17-28(30(37-6)22(5)32-25)39-18-23-14-15-26(24(16-23)19-38-8-2)27-12-9-10-13-29(27)41(35,36)34-31-20(3)21(4)33-40-31/h9-10,12-17,34H,7-8,11,18-19H2,1-6H3. The summed E-state index contributed by atoms with van der Waals surface area (Å²) in [6, 6.07) is 14.6. The number of nitrogens with zero attached hydrogens (tertiary/aromatic N) is 2. The van der Waals surface area contributed by atoms with Crippen molar-refractivity contribution >= 4 is 15.9 Å². The molecule has 10 heteroatoms. The van der Waals surface area contributed by atoms with Gasteiger partial charge >= 0.3 is 0 Å². The number of pyridine rings is 1. The Morgan fingerprint density at radius 2 is 1.73 bits per heavy atom. The minimum atomic E-state index is -3.98. The number of aryl methyl sites for hydroxylation is 3. The molecule has 0 saturated heterocycles. The van der Waals surface area contributed by atoms with E-state index < -0.39 is 10.0 Å². The molecule has 0 aliphatic carbocycles. The monoisotopic (exact) mass is 579 g/mol. The highest BCUT2D eigenvalue weighted by molar-refractivity contribution is 7.92. The van der Waals surface area contributed by atoms with E-state index in [0.29, 0.717) is 41.5 Å². The van der Waals surface area contributed by atoms with E-state index in [2.05, 4.69) is 21.8 Å². The van der Waals surface area contributed by atoms with Crippen LogP contribution in [0.5, 0.6) is 11.5 Å². The highest BCUT2D eigenvalue weighted by Gasteiger charge is 2.24. The van der Waals surface area contributed by atoms with E-state index in [4.69, 9.17) is 18.7 Å². The fourth-order valence-electron chi connectivity index (χ4n) is 4.54. The zero-order valence-electron chi connectivity index (χ0n) is 24.4. The van der Waals surface area contributed by atoms with Crippen LogP contribution in [0.3, 0.4) is 0 Å². The van der Waals surface area contributed by atoms with Gasteiger partial charge in [0, 0.05) is 29.5 Å². The largest absolute Gasteiger partial charge is 0.491 e. The lowest BCUT2D eigenvalue weighted by Gasteiger charge is -2.17. The van der Waals surface area contributed by atoms with Gasteiger partial charge in [-0.25, -0.2) is 13.1 Å². The Morgan fingerprint density at radius 3 is 2.41 bits per heavy atom. The number of sulfonamides is 1. The number of benzene rings is 2. The lowest BCUT2D eigenvalue weighted by Crippen LogP contribution is -2.14. The molecule has 2 aromatic carbocycles. The lowest BCUT2D eigenvalue weighted by atomic mass is 9.98. The van der Waals surface area contributed by atoms with Crippen LogP contribution in [0, 0.1) is 20.8 Å². The first kappa shape index (κ1) is 30.1. The van der Waals surface area contributed by atoms with E-state index in [0.717, 1.165) is 40.9 Å². The third kappa shape index (κ3) is 6.89. The molecule has 1 N–H and O–H groups in total. The maximum Gasteiger partial charge on any atom is 0.264 e. The smallest absolute Gasteiger partial charge is 0.264 e. The van der Waals surface area contributed by atoms with Crippen LogP contribution in [-0.2, 0) is 34.4 Å². The van der Waals surface area contributed by atoms with Gasteiger partial charge < -0.3 is 18.7 Å². The van der Waals surface area contributed by atoms with Gasteiger partial charge in [0.15, 0.2) is 11.5 Å². The number of aromatic nitrogens is 2. The number of hydrogen-bond acceptors (Lipinski definition) is 8. The summed E-state index contributed by atoms with van der Waals surface area (Å²) in [7, 11) is -2.38. The molecule has 0 fully saturated rings. The molecule has 0 amide bonds. The second-order valence-electron chi connectivity index (χ2n) is 9.72. The van der Waals surface area contributed by atoms with Crippen molar-refractivity contribution in [1.29, 1.82) is 0 Å². The molecule has 4 rings (SSSR count). The lowest BCUT2D eigenvalue weighted by molar-refractivity contribution is 0.134. The van der Waals surface area contributed by atoms with Crippen LogP contribution in [0.25, 0.3) is 11.1 Å². The molecule has 0 spiro atoms. The van der Waals surface area contributed by atoms with Gasteiger partial charge in [-0.3, -0.25) is 4.98 Å². The molecule has 9 nitrogen and oxygen atoms in total. The third-order valence-corrected chi connectivity index (χ3v) is 8.14. The molecule has 4 aromatic rings. The molecule has 218 valence electrons. The van der Waals surface area contributed by atoms with Crippen molar-refractivity contribution in [2.75, 3.05) is 18.4 Å². The summed E-state index contributed by atoms with van der Waals surface area (Å²) in [6.45, 7) is 10.6. The molecule has 41 heavy (non-hydrogen) atoms. The van der Waals surface area contributed by atoms with Crippen LogP contribution in [0.4, 0.5) is 5.88 Å². The Bertz CT molecular complexity index is 1610. The Balaban J connectivity index is 1.68. The fraction of sp³-hybridized carbons (Fsp3) is 0.355. The number of methoxy groups -OCH3 is 1. The van der Waals surface area contributed by atoms with Crippen molar-refractivity contribution in [1.82, 2.24) is 10.1 Å². The van der Waals surface area contributed by atoms with E-state index >= 15 is 0 Å². The summed E-state index contributed by atoms with van der Waals surface area (Å²) in [4.78, 5) is 4.74. The van der Waals surface area contributed by atoms with Crippen LogP contribution >= 0.6 is 0 Å². The van der Waals surface area contributed by atoms with Gasteiger partial charge in [-0.15, -0.1) is 0 Å². The van der Waals surface area contributed by atoms with Crippen LogP contribution < -0.4 is 14.2 Å². The van der Waals surface area contributed by atoms with Gasteiger partial charge in [-0.2, -0.15) is 0 Å². The molecule has 0 bridgehead atoms. The Hall–Kier alpha value is -3.89. The summed E-state index contributed by atoms with van der Waals surface area (Å²) < 4.78 is 52.3. The zero-order chi connectivity index (χ0) is 29.6. The fourth-order valence-corrected chi connectivity index (χ4v) is 5.81. The number of hydrogen-bond donors (Lipinski definition) is 1. The summed E-state index contributed by atoms with van der Waals surface area (Å²) in [5.74, 6) is 1.35. The summed E-state index contributed by atoms with van der Waals surface area (Å²) in [6.07, 6.45) is 1.83. The van der Waals surface area contributed by atoms with Crippen molar-refractivity contribution < 1.29 is 27.2 Å². The quantitative estimate of drug-likeness (QED) is 0.190. The minimum absolute atomic E-state index is 0.100. The van der Waals surface area contributed by atoms with Gasteiger partial charge in [0.2, 0.25) is 5.88 Å². The second kappa shape index (κ2) is 13.2. The van der Waals surface area contributed by atoms with Crippen molar-refractivity contribution in [3.8, 4) is 22.6 Å². The Labute approximate surface area is 241 Å². The molecular formula is C31H37N3O6S. The van der Waals surface area contributed by atoms with E-state index in [1.807, 2.05) is 44.2 Å². The predicted molar refractivity (Wildman–Crippen MR) is 158 cm³/mol. The third-order valence-electron chi connectivity index (χ3n) is 6.75. The molecule has 0 radical (unpaired) electrons. The molecule has 2 heterocycles. The first-order valence-electron chi connectivity index (χ1n) is 13.6. The van der Waals surface area contributed by atoms with Crippen molar-refractivity contribution in [3.63, 3.8) is 0 Å².